The Morgan fingerprint density at radius 2 is 1.80 bits per heavy atom. The van der Waals surface area contributed by atoms with E-state index >= 15 is 0 Å². The molecule has 1 unspecified atom stereocenters. The highest BCUT2D eigenvalue weighted by Gasteiger charge is 2.12. The summed E-state index contributed by atoms with van der Waals surface area (Å²) in [4.78, 5) is 0.254. The van der Waals surface area contributed by atoms with Crippen molar-refractivity contribution in [1.29, 1.82) is 0 Å². The molecule has 2 N–H and O–H groups in total. The summed E-state index contributed by atoms with van der Waals surface area (Å²) in [6, 6.07) is 12.4. The molecule has 1 atom stereocenters. The maximum atomic E-state index is 12.8. The van der Waals surface area contributed by atoms with E-state index in [-0.39, 0.29) is 16.8 Å². The Hall–Kier alpha value is -1.72. The van der Waals surface area contributed by atoms with E-state index in [0.717, 1.165) is 17.4 Å². The second kappa shape index (κ2) is 5.73. The van der Waals surface area contributed by atoms with E-state index < -0.39 is 9.84 Å². The molecule has 20 heavy (non-hydrogen) atoms. The lowest BCUT2D eigenvalue weighted by Crippen LogP contribution is -2.14. The normalized spacial score (nSPS) is 13.2. The molecule has 5 heteroatoms. The molecule has 0 aliphatic rings. The van der Waals surface area contributed by atoms with Crippen molar-refractivity contribution in [3.05, 3.63) is 65.5 Å². The average Bonchev–Trinajstić information content (AvgIpc) is 2.40. The van der Waals surface area contributed by atoms with Crippen LogP contribution in [0.15, 0.2) is 53.4 Å². The topological polar surface area (TPSA) is 60.2 Å². The van der Waals surface area contributed by atoms with Crippen LogP contribution in [0.1, 0.15) is 17.2 Å². The predicted molar refractivity (Wildman–Crippen MR) is 76.6 cm³/mol. The van der Waals surface area contributed by atoms with Crippen LogP contribution in [0.4, 0.5) is 4.39 Å². The zero-order chi connectivity index (χ0) is 14.8. The van der Waals surface area contributed by atoms with Gasteiger partial charge < -0.3 is 5.73 Å². The minimum atomic E-state index is -3.24. The number of nitrogens with two attached hydrogens (primary N) is 1. The Kier molecular flexibility index (Phi) is 4.20. The molecule has 2 rings (SSSR count). The Labute approximate surface area is 118 Å². The lowest BCUT2D eigenvalue weighted by molar-refractivity contribution is 0.601. The number of hydrogen-bond donors (Lipinski definition) is 1. The van der Waals surface area contributed by atoms with Crippen LogP contribution < -0.4 is 5.73 Å². The van der Waals surface area contributed by atoms with Crippen molar-refractivity contribution >= 4 is 9.84 Å². The summed E-state index contributed by atoms with van der Waals surface area (Å²) in [7, 11) is -3.24. The maximum absolute atomic E-state index is 12.8. The highest BCUT2D eigenvalue weighted by molar-refractivity contribution is 7.90. The number of benzene rings is 2. The van der Waals surface area contributed by atoms with E-state index in [0.29, 0.717) is 6.42 Å². The van der Waals surface area contributed by atoms with E-state index in [1.807, 2.05) is 0 Å². The summed E-state index contributed by atoms with van der Waals surface area (Å²) in [6.07, 6.45) is 1.69. The zero-order valence-corrected chi connectivity index (χ0v) is 11.9. The summed E-state index contributed by atoms with van der Waals surface area (Å²) in [6.45, 7) is 0. The van der Waals surface area contributed by atoms with Crippen molar-refractivity contribution in [2.75, 3.05) is 6.26 Å². The predicted octanol–water partition coefficient (Wildman–Crippen LogP) is 2.47. The van der Waals surface area contributed by atoms with Crippen LogP contribution in [-0.2, 0) is 16.3 Å². The molecule has 0 radical (unpaired) electrons. The van der Waals surface area contributed by atoms with E-state index in [4.69, 9.17) is 5.73 Å². The molecule has 0 amide bonds. The molecule has 0 fully saturated rings. The molecule has 3 nitrogen and oxygen atoms in total. The molecule has 0 aliphatic heterocycles. The molecule has 0 bridgehead atoms. The van der Waals surface area contributed by atoms with Crippen LogP contribution in [0, 0.1) is 5.82 Å². The van der Waals surface area contributed by atoms with E-state index in [9.17, 15) is 12.8 Å². The lowest BCUT2D eigenvalue weighted by Gasteiger charge is -2.13. The number of hydrogen-bond acceptors (Lipinski definition) is 3. The molecule has 0 saturated heterocycles. The molecule has 0 saturated carbocycles. The molecule has 0 aromatic heterocycles. The molecule has 106 valence electrons. The summed E-state index contributed by atoms with van der Waals surface area (Å²) in [5, 5.41) is 0. The van der Waals surface area contributed by atoms with Gasteiger partial charge in [-0.05, 0) is 41.8 Å². The Balaban J connectivity index is 2.21. The van der Waals surface area contributed by atoms with Crippen molar-refractivity contribution in [2.45, 2.75) is 17.4 Å². The van der Waals surface area contributed by atoms with Crippen LogP contribution in [0.2, 0.25) is 0 Å². The fourth-order valence-electron chi connectivity index (χ4n) is 1.97. The summed E-state index contributed by atoms with van der Waals surface area (Å²) in [5.41, 5.74) is 7.74. The first-order valence-electron chi connectivity index (χ1n) is 6.16. The van der Waals surface area contributed by atoms with Crippen LogP contribution in [0.3, 0.4) is 0 Å². The Morgan fingerprint density at radius 1 is 1.15 bits per heavy atom. The van der Waals surface area contributed by atoms with E-state index in [2.05, 4.69) is 0 Å². The first kappa shape index (κ1) is 14.7. The van der Waals surface area contributed by atoms with Crippen LogP contribution in [-0.4, -0.2) is 14.7 Å². The van der Waals surface area contributed by atoms with Gasteiger partial charge in [0.2, 0.25) is 0 Å². The minimum absolute atomic E-state index is 0.254. The van der Waals surface area contributed by atoms with Crippen molar-refractivity contribution < 1.29 is 12.8 Å². The quantitative estimate of drug-likeness (QED) is 0.942. The maximum Gasteiger partial charge on any atom is 0.175 e. The molecule has 2 aromatic rings. The average molecular weight is 293 g/mol. The third-order valence-electron chi connectivity index (χ3n) is 3.08. The van der Waals surface area contributed by atoms with Crippen LogP contribution >= 0.6 is 0 Å². The van der Waals surface area contributed by atoms with Crippen molar-refractivity contribution in [1.82, 2.24) is 0 Å². The monoisotopic (exact) mass is 293 g/mol. The van der Waals surface area contributed by atoms with Gasteiger partial charge in [-0.25, -0.2) is 12.8 Å². The molecule has 0 spiro atoms. The molecular weight excluding hydrogens is 277 g/mol. The van der Waals surface area contributed by atoms with Gasteiger partial charge in [0.25, 0.3) is 0 Å². The molecular formula is C15H16FNO2S. The van der Waals surface area contributed by atoms with Crippen LogP contribution in [0.25, 0.3) is 0 Å². The molecule has 2 aromatic carbocycles. The fourth-order valence-corrected chi connectivity index (χ4v) is 2.64. The van der Waals surface area contributed by atoms with Gasteiger partial charge in [-0.2, -0.15) is 0 Å². The van der Waals surface area contributed by atoms with Gasteiger partial charge in [-0.15, -0.1) is 0 Å². The first-order chi connectivity index (χ1) is 9.36. The highest BCUT2D eigenvalue weighted by atomic mass is 32.2. The third kappa shape index (κ3) is 3.65. The first-order valence-corrected chi connectivity index (χ1v) is 8.05. The Bertz CT molecular complexity index is 696. The van der Waals surface area contributed by atoms with E-state index in [1.54, 1.807) is 36.4 Å². The van der Waals surface area contributed by atoms with Gasteiger partial charge in [-0.1, -0.05) is 24.3 Å². The summed E-state index contributed by atoms with van der Waals surface area (Å²) in [5.74, 6) is -0.290. The van der Waals surface area contributed by atoms with Crippen LogP contribution in [0.5, 0.6) is 0 Å². The molecule has 0 aliphatic carbocycles. The van der Waals surface area contributed by atoms with Gasteiger partial charge in [-0.3, -0.25) is 0 Å². The van der Waals surface area contributed by atoms with Gasteiger partial charge in [0.1, 0.15) is 5.82 Å². The number of halogens is 1. The Morgan fingerprint density at radius 3 is 2.40 bits per heavy atom. The smallest absolute Gasteiger partial charge is 0.175 e. The largest absolute Gasteiger partial charge is 0.324 e. The van der Waals surface area contributed by atoms with Gasteiger partial charge in [0.05, 0.1) is 4.90 Å². The minimum Gasteiger partial charge on any atom is -0.324 e. The lowest BCUT2D eigenvalue weighted by atomic mass is 10.00. The highest BCUT2D eigenvalue weighted by Crippen LogP contribution is 2.19. The second-order valence-electron chi connectivity index (χ2n) is 4.78. The fraction of sp³-hybridized carbons (Fsp3) is 0.200. The van der Waals surface area contributed by atoms with E-state index in [1.165, 1.54) is 12.1 Å². The van der Waals surface area contributed by atoms with Crippen molar-refractivity contribution in [3.8, 4) is 0 Å². The summed E-state index contributed by atoms with van der Waals surface area (Å²) >= 11 is 0. The SMILES string of the molecule is CS(=O)(=O)c1cccc(C(N)Cc2ccc(F)cc2)c1. The van der Waals surface area contributed by atoms with Crippen molar-refractivity contribution in [2.24, 2.45) is 5.73 Å². The molecule has 0 heterocycles. The number of sulfone groups is 1. The van der Waals surface area contributed by atoms with Gasteiger partial charge in [0, 0.05) is 12.3 Å². The standard InChI is InChI=1S/C15H16FNO2S/c1-20(18,19)14-4-2-3-12(10-14)15(17)9-11-5-7-13(16)8-6-11/h2-8,10,15H,9,17H2,1H3. The summed E-state index contributed by atoms with van der Waals surface area (Å²) < 4.78 is 35.9. The van der Waals surface area contributed by atoms with Gasteiger partial charge >= 0.3 is 0 Å². The third-order valence-corrected chi connectivity index (χ3v) is 4.19. The number of rotatable bonds is 4. The van der Waals surface area contributed by atoms with Crippen molar-refractivity contribution in [3.63, 3.8) is 0 Å². The van der Waals surface area contributed by atoms with Gasteiger partial charge in [0.15, 0.2) is 9.84 Å². The zero-order valence-electron chi connectivity index (χ0n) is 11.1. The second-order valence-corrected chi connectivity index (χ2v) is 6.80.